The zero-order valence-corrected chi connectivity index (χ0v) is 14.3. The van der Waals surface area contributed by atoms with Crippen LogP contribution in [0.25, 0.3) is 0 Å². The van der Waals surface area contributed by atoms with E-state index < -0.39 is 11.2 Å². The Morgan fingerprint density at radius 2 is 1.81 bits per heavy atom. The molecule has 132 valence electrons. The smallest absolute Gasteiger partial charge is 0.238 e. The van der Waals surface area contributed by atoms with Gasteiger partial charge in [-0.15, -0.1) is 0 Å². The minimum atomic E-state index is -1.29. The summed E-state index contributed by atoms with van der Waals surface area (Å²) in [5.41, 5.74) is 1.13. The van der Waals surface area contributed by atoms with Gasteiger partial charge in [-0.2, -0.15) is 0 Å². The maximum atomic E-state index is 12.4. The van der Waals surface area contributed by atoms with Crippen molar-refractivity contribution in [3.63, 3.8) is 0 Å². The lowest BCUT2D eigenvalue weighted by Gasteiger charge is -2.22. The summed E-state index contributed by atoms with van der Waals surface area (Å²) in [7, 11) is 0. The average Bonchev–Trinajstić information content (AvgIpc) is 2.62. The van der Waals surface area contributed by atoms with Crippen molar-refractivity contribution < 1.29 is 19.5 Å². The van der Waals surface area contributed by atoms with Crippen molar-refractivity contribution in [1.29, 1.82) is 0 Å². The number of carboxylic acid groups (broad SMARTS) is 1. The number of carboxylic acids is 1. The van der Waals surface area contributed by atoms with Crippen LogP contribution in [0.1, 0.15) is 16.8 Å². The van der Waals surface area contributed by atoms with Gasteiger partial charge < -0.3 is 20.5 Å². The molecule has 0 spiro atoms. The first-order chi connectivity index (χ1) is 12.5. The highest BCUT2D eigenvalue weighted by molar-refractivity contribution is 8.15. The summed E-state index contributed by atoms with van der Waals surface area (Å²) in [6.45, 7) is 0. The summed E-state index contributed by atoms with van der Waals surface area (Å²) in [6, 6.07) is 14.7. The molecule has 0 unspecified atom stereocenters. The number of nitrogens with one attached hydrogen (secondary N) is 2. The summed E-state index contributed by atoms with van der Waals surface area (Å²) in [5, 5.41) is 15.8. The predicted molar refractivity (Wildman–Crippen MR) is 97.1 cm³/mol. The predicted octanol–water partition coefficient (Wildman–Crippen LogP) is 1.30. The first-order valence-corrected chi connectivity index (χ1v) is 8.62. The molecule has 0 saturated carbocycles. The van der Waals surface area contributed by atoms with E-state index in [2.05, 4.69) is 15.6 Å². The largest absolute Gasteiger partial charge is 0.545 e. The van der Waals surface area contributed by atoms with Gasteiger partial charge in [0.25, 0.3) is 0 Å². The van der Waals surface area contributed by atoms with Crippen molar-refractivity contribution in [3.8, 4) is 0 Å². The Bertz CT molecular complexity index is 866. The Kier molecular flexibility index (Phi) is 5.33. The number of amides is 2. The fourth-order valence-electron chi connectivity index (χ4n) is 2.28. The van der Waals surface area contributed by atoms with Crippen LogP contribution < -0.4 is 15.7 Å². The number of amidine groups is 1. The lowest BCUT2D eigenvalue weighted by atomic mass is 10.2. The zero-order chi connectivity index (χ0) is 18.5. The topological polar surface area (TPSA) is 111 Å². The maximum Gasteiger partial charge on any atom is 0.238 e. The zero-order valence-electron chi connectivity index (χ0n) is 13.5. The number of rotatable bonds is 4. The summed E-state index contributed by atoms with van der Waals surface area (Å²) >= 11 is 1.17. The molecular weight excluding hydrogens is 354 g/mol. The lowest BCUT2D eigenvalue weighted by molar-refractivity contribution is -0.255. The lowest BCUT2D eigenvalue weighted by Crippen LogP contribution is -2.41. The van der Waals surface area contributed by atoms with Crippen molar-refractivity contribution in [2.24, 2.45) is 4.99 Å². The molecule has 0 aliphatic carbocycles. The standard InChI is InChI=1S/C18H15N3O4S/c22-15-10-14(26-18(21-15)20-12-4-2-1-3-5-12)16(23)19-13-8-6-11(7-9-13)17(24)25/h1-9,14H,10H2,(H,19,23)(H,24,25)(H,20,21,22)/p-1/t14-/m0/s1. The van der Waals surface area contributed by atoms with E-state index in [0.29, 0.717) is 16.5 Å². The Labute approximate surface area is 153 Å². The van der Waals surface area contributed by atoms with E-state index in [1.807, 2.05) is 18.2 Å². The minimum absolute atomic E-state index is 0.0201. The quantitative estimate of drug-likeness (QED) is 0.845. The second-order valence-electron chi connectivity index (χ2n) is 5.47. The molecule has 1 atom stereocenters. The third-order valence-electron chi connectivity index (χ3n) is 3.54. The molecule has 1 aliphatic heterocycles. The van der Waals surface area contributed by atoms with E-state index in [1.54, 1.807) is 12.1 Å². The molecule has 2 amide bonds. The molecule has 26 heavy (non-hydrogen) atoms. The van der Waals surface area contributed by atoms with Gasteiger partial charge in [0.2, 0.25) is 11.8 Å². The minimum Gasteiger partial charge on any atom is -0.545 e. The normalized spacial score (nSPS) is 18.2. The first-order valence-electron chi connectivity index (χ1n) is 7.74. The Hall–Kier alpha value is -3.13. The number of nitrogens with zero attached hydrogens (tertiary/aromatic N) is 1. The van der Waals surface area contributed by atoms with Crippen molar-refractivity contribution in [3.05, 3.63) is 60.2 Å². The molecule has 1 saturated heterocycles. The van der Waals surface area contributed by atoms with Gasteiger partial charge in [-0.1, -0.05) is 42.1 Å². The summed E-state index contributed by atoms with van der Waals surface area (Å²) in [6.07, 6.45) is 0.0292. The number of benzene rings is 2. The number of hydrogen-bond donors (Lipinski definition) is 2. The van der Waals surface area contributed by atoms with Crippen LogP contribution in [0.4, 0.5) is 11.4 Å². The molecule has 8 heteroatoms. The van der Waals surface area contributed by atoms with Gasteiger partial charge in [0.15, 0.2) is 5.17 Å². The van der Waals surface area contributed by atoms with Gasteiger partial charge in [0, 0.05) is 12.1 Å². The number of carbonyl (C=O) groups excluding carboxylic acids is 3. The Morgan fingerprint density at radius 1 is 1.12 bits per heavy atom. The van der Waals surface area contributed by atoms with Gasteiger partial charge in [-0.05, 0) is 29.8 Å². The van der Waals surface area contributed by atoms with E-state index in [9.17, 15) is 19.5 Å². The molecule has 2 aromatic carbocycles. The molecule has 2 aromatic rings. The number of aromatic carboxylic acids is 1. The van der Waals surface area contributed by atoms with E-state index in [4.69, 9.17) is 0 Å². The first kappa shape index (κ1) is 17.7. The number of thioether (sulfide) groups is 1. The second kappa shape index (κ2) is 7.83. The summed E-state index contributed by atoms with van der Waals surface area (Å²) in [5.74, 6) is -1.93. The highest BCUT2D eigenvalue weighted by Crippen LogP contribution is 2.24. The van der Waals surface area contributed by atoms with Crippen molar-refractivity contribution in [1.82, 2.24) is 5.32 Å². The van der Waals surface area contributed by atoms with E-state index >= 15 is 0 Å². The van der Waals surface area contributed by atoms with E-state index in [1.165, 1.54) is 36.0 Å². The molecule has 2 N–H and O–H groups in total. The SMILES string of the molecule is O=C1C[C@@H](C(=O)Nc2ccc(C(=O)[O-])cc2)SC(=Nc2ccccc2)N1. The van der Waals surface area contributed by atoms with Crippen molar-refractivity contribution in [2.45, 2.75) is 11.7 Å². The van der Waals surface area contributed by atoms with Crippen LogP contribution in [-0.4, -0.2) is 28.2 Å². The molecule has 7 nitrogen and oxygen atoms in total. The number of hydrogen-bond acceptors (Lipinski definition) is 6. The molecule has 1 heterocycles. The van der Waals surface area contributed by atoms with Crippen LogP contribution in [0, 0.1) is 0 Å². The number of aliphatic imine (C=N–C) groups is 1. The molecule has 3 rings (SSSR count). The molecule has 1 aliphatic rings. The highest BCUT2D eigenvalue weighted by atomic mass is 32.2. The fraction of sp³-hybridized carbons (Fsp3) is 0.111. The summed E-state index contributed by atoms with van der Waals surface area (Å²) in [4.78, 5) is 39.4. The van der Waals surface area contributed by atoms with E-state index in [0.717, 1.165) is 0 Å². The fourth-order valence-corrected chi connectivity index (χ4v) is 3.28. The van der Waals surface area contributed by atoms with Crippen LogP contribution in [0.15, 0.2) is 59.6 Å². The van der Waals surface area contributed by atoms with E-state index in [-0.39, 0.29) is 23.8 Å². The molecule has 1 fully saturated rings. The number of para-hydroxylation sites is 1. The van der Waals surface area contributed by atoms with Crippen LogP contribution >= 0.6 is 11.8 Å². The highest BCUT2D eigenvalue weighted by Gasteiger charge is 2.30. The third kappa shape index (κ3) is 4.48. The monoisotopic (exact) mass is 368 g/mol. The Balaban J connectivity index is 1.69. The number of carbonyl (C=O) groups is 3. The van der Waals surface area contributed by atoms with Crippen LogP contribution in [-0.2, 0) is 9.59 Å². The third-order valence-corrected chi connectivity index (χ3v) is 4.62. The molecule has 0 bridgehead atoms. The van der Waals surface area contributed by atoms with Crippen LogP contribution in [0.5, 0.6) is 0 Å². The summed E-state index contributed by atoms with van der Waals surface area (Å²) < 4.78 is 0. The number of anilines is 1. The maximum absolute atomic E-state index is 12.4. The van der Waals surface area contributed by atoms with Gasteiger partial charge in [0.05, 0.1) is 11.7 Å². The van der Waals surface area contributed by atoms with Gasteiger partial charge >= 0.3 is 0 Å². The van der Waals surface area contributed by atoms with Crippen LogP contribution in [0.3, 0.4) is 0 Å². The van der Waals surface area contributed by atoms with Gasteiger partial charge in [-0.3, -0.25) is 9.59 Å². The van der Waals surface area contributed by atoms with Gasteiger partial charge in [0.1, 0.15) is 5.25 Å². The van der Waals surface area contributed by atoms with Crippen molar-refractivity contribution >= 4 is 46.1 Å². The average molecular weight is 368 g/mol. The Morgan fingerprint density at radius 3 is 2.46 bits per heavy atom. The van der Waals surface area contributed by atoms with Crippen molar-refractivity contribution in [2.75, 3.05) is 5.32 Å². The van der Waals surface area contributed by atoms with Gasteiger partial charge in [-0.25, -0.2) is 4.99 Å². The van der Waals surface area contributed by atoms with Crippen LogP contribution in [0.2, 0.25) is 0 Å². The molecule has 0 aromatic heterocycles. The molecular formula is C18H14N3O4S-. The second-order valence-corrected chi connectivity index (χ2v) is 6.66. The molecule has 0 radical (unpaired) electrons.